The zero-order valence-electron chi connectivity index (χ0n) is 8.31. The second kappa shape index (κ2) is 4.57. The zero-order valence-corrected chi connectivity index (χ0v) is 9.13. The van der Waals surface area contributed by atoms with Gasteiger partial charge in [0.1, 0.15) is 11.9 Å². The minimum atomic E-state index is -0.875. The Morgan fingerprint density at radius 2 is 2.12 bits per heavy atom. The van der Waals surface area contributed by atoms with Crippen molar-refractivity contribution in [2.75, 3.05) is 5.75 Å². The van der Waals surface area contributed by atoms with Gasteiger partial charge in [0.2, 0.25) is 0 Å². The number of carbonyl (C=O) groups is 1. The molecule has 0 aromatic heterocycles. The highest BCUT2D eigenvalue weighted by atomic mass is 32.2. The third-order valence-corrected chi connectivity index (χ3v) is 3.18. The zero-order chi connectivity index (χ0) is 11.5. The van der Waals surface area contributed by atoms with Crippen LogP contribution in [0.3, 0.4) is 0 Å². The molecule has 2 rings (SSSR count). The van der Waals surface area contributed by atoms with Gasteiger partial charge in [-0.3, -0.25) is 0 Å². The number of thioether (sulfide) groups is 1. The Bertz CT molecular complexity index is 430. The van der Waals surface area contributed by atoms with Crippen molar-refractivity contribution in [2.24, 2.45) is 0 Å². The number of benzene rings is 1. The van der Waals surface area contributed by atoms with Gasteiger partial charge in [-0.1, -0.05) is 0 Å². The quantitative estimate of drug-likeness (QED) is 0.827. The summed E-state index contributed by atoms with van der Waals surface area (Å²) in [6.07, 6.45) is 0. The molecule has 1 aromatic rings. The van der Waals surface area contributed by atoms with Gasteiger partial charge in [0.05, 0.1) is 0 Å². The summed E-state index contributed by atoms with van der Waals surface area (Å²) in [4.78, 5) is 10.8. The van der Waals surface area contributed by atoms with Crippen LogP contribution in [0.15, 0.2) is 29.7 Å². The maximum absolute atomic E-state index is 12.7. The van der Waals surface area contributed by atoms with Crippen molar-refractivity contribution in [1.82, 2.24) is 5.32 Å². The molecule has 16 heavy (non-hydrogen) atoms. The third-order valence-electron chi connectivity index (χ3n) is 2.25. The van der Waals surface area contributed by atoms with Crippen molar-refractivity contribution in [3.63, 3.8) is 0 Å². The largest absolute Gasteiger partial charge is 0.480 e. The van der Waals surface area contributed by atoms with Crippen LogP contribution in [0, 0.1) is 5.82 Å². The van der Waals surface area contributed by atoms with E-state index in [1.54, 1.807) is 12.1 Å². The minimum Gasteiger partial charge on any atom is -0.480 e. The SMILES string of the molecule is O=C(O)[C@H]1CSC=C(c2ccc(F)cc2)N1. The number of carboxylic acids is 1. The van der Waals surface area contributed by atoms with E-state index in [2.05, 4.69) is 5.32 Å². The highest BCUT2D eigenvalue weighted by Gasteiger charge is 2.21. The molecule has 0 bridgehead atoms. The van der Waals surface area contributed by atoms with Crippen molar-refractivity contribution < 1.29 is 14.3 Å². The maximum atomic E-state index is 12.7. The Labute approximate surface area is 96.4 Å². The Morgan fingerprint density at radius 1 is 1.44 bits per heavy atom. The van der Waals surface area contributed by atoms with Gasteiger partial charge in [0.25, 0.3) is 0 Å². The summed E-state index contributed by atoms with van der Waals surface area (Å²) in [7, 11) is 0. The molecule has 0 aliphatic carbocycles. The molecule has 1 aliphatic heterocycles. The molecular formula is C11H10FNO2S. The summed E-state index contributed by atoms with van der Waals surface area (Å²) in [5.41, 5.74) is 1.52. The monoisotopic (exact) mass is 239 g/mol. The Hall–Kier alpha value is -1.49. The summed E-state index contributed by atoms with van der Waals surface area (Å²) in [6, 6.07) is 5.37. The topological polar surface area (TPSA) is 49.3 Å². The summed E-state index contributed by atoms with van der Waals surface area (Å²) < 4.78 is 12.7. The van der Waals surface area contributed by atoms with Crippen LogP contribution in [0.4, 0.5) is 4.39 Å². The van der Waals surface area contributed by atoms with E-state index in [0.29, 0.717) is 5.75 Å². The van der Waals surface area contributed by atoms with Gasteiger partial charge in [-0.2, -0.15) is 0 Å². The van der Waals surface area contributed by atoms with Crippen molar-refractivity contribution in [2.45, 2.75) is 6.04 Å². The molecule has 0 radical (unpaired) electrons. The van der Waals surface area contributed by atoms with Crippen LogP contribution in [0.25, 0.3) is 5.70 Å². The fraction of sp³-hybridized carbons (Fsp3) is 0.182. The number of hydrogen-bond donors (Lipinski definition) is 2. The van der Waals surface area contributed by atoms with Crippen molar-refractivity contribution in [3.05, 3.63) is 41.1 Å². The predicted octanol–water partition coefficient (Wildman–Crippen LogP) is 1.91. The van der Waals surface area contributed by atoms with Gasteiger partial charge < -0.3 is 10.4 Å². The van der Waals surface area contributed by atoms with E-state index < -0.39 is 12.0 Å². The molecule has 1 heterocycles. The van der Waals surface area contributed by atoms with Crippen molar-refractivity contribution in [3.8, 4) is 0 Å². The predicted molar refractivity (Wildman–Crippen MR) is 61.4 cm³/mol. The van der Waals surface area contributed by atoms with Gasteiger partial charge >= 0.3 is 5.97 Å². The number of halogens is 1. The van der Waals surface area contributed by atoms with E-state index in [1.807, 2.05) is 5.41 Å². The van der Waals surface area contributed by atoms with Gasteiger partial charge in [-0.25, -0.2) is 9.18 Å². The fourth-order valence-corrected chi connectivity index (χ4v) is 2.29. The van der Waals surface area contributed by atoms with Crippen LogP contribution in [-0.2, 0) is 4.79 Å². The fourth-order valence-electron chi connectivity index (χ4n) is 1.40. The molecule has 1 atom stereocenters. The van der Waals surface area contributed by atoms with E-state index in [-0.39, 0.29) is 5.82 Å². The molecule has 0 fully saturated rings. The average Bonchev–Trinajstić information content (AvgIpc) is 2.30. The van der Waals surface area contributed by atoms with Gasteiger partial charge in [0.15, 0.2) is 0 Å². The highest BCUT2D eigenvalue weighted by molar-refractivity contribution is 8.02. The van der Waals surface area contributed by atoms with Gasteiger partial charge in [0, 0.05) is 11.4 Å². The minimum absolute atomic E-state index is 0.303. The molecule has 0 saturated heterocycles. The molecule has 3 nitrogen and oxygen atoms in total. The van der Waals surface area contributed by atoms with Crippen LogP contribution >= 0.6 is 11.8 Å². The molecule has 1 aromatic carbocycles. The van der Waals surface area contributed by atoms with Crippen molar-refractivity contribution in [1.29, 1.82) is 0 Å². The van der Waals surface area contributed by atoms with E-state index in [9.17, 15) is 9.18 Å². The Balaban J connectivity index is 2.18. The number of carboxylic acid groups (broad SMARTS) is 1. The first kappa shape index (κ1) is 11.0. The highest BCUT2D eigenvalue weighted by Crippen LogP contribution is 2.22. The Kier molecular flexibility index (Phi) is 3.14. The van der Waals surface area contributed by atoms with Gasteiger partial charge in [-0.15, -0.1) is 11.8 Å². The van der Waals surface area contributed by atoms with E-state index in [0.717, 1.165) is 11.3 Å². The number of hydrogen-bond acceptors (Lipinski definition) is 3. The molecule has 0 amide bonds. The van der Waals surface area contributed by atoms with E-state index >= 15 is 0 Å². The van der Waals surface area contributed by atoms with Crippen LogP contribution in [0.2, 0.25) is 0 Å². The number of aliphatic carboxylic acids is 1. The van der Waals surface area contributed by atoms with Crippen LogP contribution in [0.5, 0.6) is 0 Å². The van der Waals surface area contributed by atoms with Gasteiger partial charge in [-0.05, 0) is 35.2 Å². The smallest absolute Gasteiger partial charge is 0.326 e. The van der Waals surface area contributed by atoms with E-state index in [4.69, 9.17) is 5.11 Å². The maximum Gasteiger partial charge on any atom is 0.326 e. The first-order chi connectivity index (χ1) is 7.66. The number of rotatable bonds is 2. The molecule has 5 heteroatoms. The molecule has 0 spiro atoms. The first-order valence-corrected chi connectivity index (χ1v) is 5.79. The lowest BCUT2D eigenvalue weighted by Gasteiger charge is -2.22. The molecule has 0 saturated carbocycles. The second-order valence-electron chi connectivity index (χ2n) is 3.41. The molecule has 0 unspecified atom stereocenters. The normalized spacial score (nSPS) is 19.8. The molecular weight excluding hydrogens is 229 g/mol. The summed E-state index contributed by atoms with van der Waals surface area (Å²) in [5, 5.41) is 13.6. The van der Waals surface area contributed by atoms with Crippen LogP contribution in [-0.4, -0.2) is 22.9 Å². The summed E-state index contributed by atoms with van der Waals surface area (Å²) >= 11 is 1.44. The Morgan fingerprint density at radius 3 is 2.75 bits per heavy atom. The van der Waals surface area contributed by atoms with Crippen LogP contribution in [0.1, 0.15) is 5.56 Å². The molecule has 84 valence electrons. The third kappa shape index (κ3) is 2.36. The average molecular weight is 239 g/mol. The van der Waals surface area contributed by atoms with Crippen LogP contribution < -0.4 is 5.32 Å². The summed E-state index contributed by atoms with van der Waals surface area (Å²) in [6.45, 7) is 0. The van der Waals surface area contributed by atoms with Crippen molar-refractivity contribution >= 4 is 23.4 Å². The molecule has 1 aliphatic rings. The molecule has 2 N–H and O–H groups in total. The number of nitrogens with one attached hydrogen (secondary N) is 1. The van der Waals surface area contributed by atoms with E-state index in [1.165, 1.54) is 23.9 Å². The second-order valence-corrected chi connectivity index (χ2v) is 4.31. The first-order valence-electron chi connectivity index (χ1n) is 4.74. The standard InChI is InChI=1S/C11H10FNO2S/c12-8-3-1-7(2-4-8)9-5-16-6-10(13-9)11(14)15/h1-5,10,13H,6H2,(H,14,15)/t10-/m1/s1. The summed E-state index contributed by atoms with van der Waals surface area (Å²) in [5.74, 6) is -0.678. The lowest BCUT2D eigenvalue weighted by atomic mass is 10.1. The lowest BCUT2D eigenvalue weighted by Crippen LogP contribution is -2.39. The lowest BCUT2D eigenvalue weighted by molar-refractivity contribution is -0.138.